The Morgan fingerprint density at radius 3 is 2.41 bits per heavy atom. The van der Waals surface area contributed by atoms with Gasteiger partial charge in [0, 0.05) is 30.9 Å². The summed E-state index contributed by atoms with van der Waals surface area (Å²) in [5, 5.41) is 2.82. The van der Waals surface area contributed by atoms with Gasteiger partial charge in [0.2, 0.25) is 0 Å². The first-order chi connectivity index (χ1) is 13.0. The van der Waals surface area contributed by atoms with Crippen LogP contribution in [0.2, 0.25) is 0 Å². The molecule has 0 saturated carbocycles. The van der Waals surface area contributed by atoms with Crippen molar-refractivity contribution in [2.75, 3.05) is 32.6 Å². The molecule has 0 unspecified atom stereocenters. The number of nitrogens with one attached hydrogen (secondary N) is 1. The predicted octanol–water partition coefficient (Wildman–Crippen LogP) is 3.83. The molecule has 27 heavy (non-hydrogen) atoms. The lowest BCUT2D eigenvalue weighted by molar-refractivity contribution is 0.0827. The van der Waals surface area contributed by atoms with Gasteiger partial charge in [-0.2, -0.15) is 0 Å². The van der Waals surface area contributed by atoms with Crippen LogP contribution in [0.15, 0.2) is 42.5 Å². The van der Waals surface area contributed by atoms with Crippen LogP contribution >= 0.6 is 0 Å². The summed E-state index contributed by atoms with van der Waals surface area (Å²) in [6.45, 7) is 4.96. The van der Waals surface area contributed by atoms with Gasteiger partial charge >= 0.3 is 0 Å². The first-order valence-corrected chi connectivity index (χ1v) is 8.99. The molecule has 144 valence electrons. The zero-order chi connectivity index (χ0) is 19.8. The van der Waals surface area contributed by atoms with E-state index in [2.05, 4.69) is 5.32 Å². The Morgan fingerprint density at radius 1 is 0.963 bits per heavy atom. The first kappa shape index (κ1) is 20.3. The second-order valence-corrected chi connectivity index (χ2v) is 6.18. The lowest BCUT2D eigenvalue weighted by Crippen LogP contribution is -2.22. The Hall–Kier alpha value is -3.02. The molecule has 0 fully saturated rings. The fourth-order valence-electron chi connectivity index (χ4n) is 2.44. The van der Waals surface area contributed by atoms with Crippen LogP contribution in [0.5, 0.6) is 11.5 Å². The van der Waals surface area contributed by atoms with Gasteiger partial charge in [-0.05, 0) is 49.7 Å². The van der Waals surface area contributed by atoms with Crippen LogP contribution in [0.3, 0.4) is 0 Å². The normalized spacial score (nSPS) is 10.2. The molecule has 6 heteroatoms. The van der Waals surface area contributed by atoms with Crippen molar-refractivity contribution < 1.29 is 19.1 Å². The van der Waals surface area contributed by atoms with Gasteiger partial charge in [0.25, 0.3) is 11.8 Å². The van der Waals surface area contributed by atoms with E-state index in [0.29, 0.717) is 41.5 Å². The fourth-order valence-corrected chi connectivity index (χ4v) is 2.44. The number of hydrogen-bond acceptors (Lipinski definition) is 4. The average Bonchev–Trinajstić information content (AvgIpc) is 2.66. The van der Waals surface area contributed by atoms with Gasteiger partial charge in [-0.1, -0.05) is 13.0 Å². The molecule has 0 saturated heterocycles. The molecular formula is C21H26N2O4. The quantitative estimate of drug-likeness (QED) is 0.767. The predicted molar refractivity (Wildman–Crippen MR) is 106 cm³/mol. The third kappa shape index (κ3) is 5.48. The lowest BCUT2D eigenvalue weighted by Gasteiger charge is -2.14. The van der Waals surface area contributed by atoms with Crippen LogP contribution in [0.4, 0.5) is 5.69 Å². The summed E-state index contributed by atoms with van der Waals surface area (Å²) in [6.07, 6.45) is 0.885. The minimum absolute atomic E-state index is 0.123. The van der Waals surface area contributed by atoms with Crippen molar-refractivity contribution in [2.24, 2.45) is 0 Å². The highest BCUT2D eigenvalue weighted by molar-refractivity contribution is 6.05. The molecule has 6 nitrogen and oxygen atoms in total. The number of carbonyl (C=O) groups excluding carboxylic acids is 2. The zero-order valence-corrected chi connectivity index (χ0v) is 16.2. The second kappa shape index (κ2) is 9.62. The van der Waals surface area contributed by atoms with E-state index in [-0.39, 0.29) is 11.8 Å². The summed E-state index contributed by atoms with van der Waals surface area (Å²) in [7, 11) is 3.37. The van der Waals surface area contributed by atoms with Gasteiger partial charge in [0.1, 0.15) is 0 Å². The molecule has 2 aromatic rings. The molecule has 0 aliphatic rings. The van der Waals surface area contributed by atoms with E-state index in [1.807, 2.05) is 13.8 Å². The summed E-state index contributed by atoms with van der Waals surface area (Å²) in [5.74, 6) is 0.749. The zero-order valence-electron chi connectivity index (χ0n) is 16.2. The van der Waals surface area contributed by atoms with E-state index >= 15 is 0 Å². The van der Waals surface area contributed by atoms with Gasteiger partial charge in [0.15, 0.2) is 11.5 Å². The summed E-state index contributed by atoms with van der Waals surface area (Å²) in [5.41, 5.74) is 1.51. The molecular weight excluding hydrogens is 344 g/mol. The van der Waals surface area contributed by atoms with Crippen molar-refractivity contribution in [1.29, 1.82) is 0 Å². The van der Waals surface area contributed by atoms with Gasteiger partial charge in [-0.15, -0.1) is 0 Å². The number of ether oxygens (including phenoxy) is 2. The fraction of sp³-hybridized carbons (Fsp3) is 0.333. The molecule has 2 aromatic carbocycles. The summed E-state index contributed by atoms with van der Waals surface area (Å²) in [4.78, 5) is 26.2. The largest absolute Gasteiger partial charge is 0.490 e. The molecule has 0 radical (unpaired) electrons. The van der Waals surface area contributed by atoms with Crippen LogP contribution < -0.4 is 14.8 Å². The molecule has 2 rings (SSSR count). The molecule has 0 aliphatic heterocycles. The second-order valence-electron chi connectivity index (χ2n) is 6.18. The molecule has 0 aromatic heterocycles. The third-order valence-electron chi connectivity index (χ3n) is 3.74. The Morgan fingerprint density at radius 2 is 1.74 bits per heavy atom. The Labute approximate surface area is 160 Å². The van der Waals surface area contributed by atoms with Crippen molar-refractivity contribution >= 4 is 17.5 Å². The maximum atomic E-state index is 12.6. The first-order valence-electron chi connectivity index (χ1n) is 8.99. The molecule has 0 bridgehead atoms. The van der Waals surface area contributed by atoms with Gasteiger partial charge in [-0.3, -0.25) is 9.59 Å². The van der Waals surface area contributed by atoms with Crippen LogP contribution in [0.25, 0.3) is 0 Å². The molecule has 0 heterocycles. The minimum Gasteiger partial charge on any atom is -0.490 e. The van der Waals surface area contributed by atoms with Gasteiger partial charge in [-0.25, -0.2) is 0 Å². The summed E-state index contributed by atoms with van der Waals surface area (Å²) < 4.78 is 11.3. The molecule has 0 spiro atoms. The van der Waals surface area contributed by atoms with Crippen LogP contribution in [-0.4, -0.2) is 44.0 Å². The number of rotatable bonds is 8. The third-order valence-corrected chi connectivity index (χ3v) is 3.74. The smallest absolute Gasteiger partial charge is 0.255 e. The van der Waals surface area contributed by atoms with Crippen molar-refractivity contribution in [2.45, 2.75) is 20.3 Å². The van der Waals surface area contributed by atoms with Crippen LogP contribution in [-0.2, 0) is 0 Å². The van der Waals surface area contributed by atoms with Crippen molar-refractivity contribution in [3.63, 3.8) is 0 Å². The number of nitrogens with zero attached hydrogens (tertiary/aromatic N) is 1. The van der Waals surface area contributed by atoms with Crippen molar-refractivity contribution in [3.8, 4) is 11.5 Å². The van der Waals surface area contributed by atoms with Crippen LogP contribution in [0, 0.1) is 0 Å². The maximum absolute atomic E-state index is 12.6. The minimum atomic E-state index is -0.285. The number of benzene rings is 2. The van der Waals surface area contributed by atoms with Crippen molar-refractivity contribution in [3.05, 3.63) is 53.6 Å². The highest BCUT2D eigenvalue weighted by Crippen LogP contribution is 2.29. The Balaban J connectivity index is 2.19. The van der Waals surface area contributed by atoms with Crippen LogP contribution in [0.1, 0.15) is 41.0 Å². The standard InChI is InChI=1S/C21H26N2O4/c1-5-12-27-18-11-10-15(14-19(18)26-6-2)20(24)22-17-9-7-8-16(13-17)21(25)23(3)4/h7-11,13-14H,5-6,12H2,1-4H3,(H,22,24). The average molecular weight is 370 g/mol. The van der Waals surface area contributed by atoms with E-state index < -0.39 is 0 Å². The van der Waals surface area contributed by atoms with E-state index in [1.54, 1.807) is 56.6 Å². The summed E-state index contributed by atoms with van der Waals surface area (Å²) >= 11 is 0. The highest BCUT2D eigenvalue weighted by Gasteiger charge is 2.13. The molecule has 2 amide bonds. The monoisotopic (exact) mass is 370 g/mol. The highest BCUT2D eigenvalue weighted by atomic mass is 16.5. The molecule has 1 N–H and O–H groups in total. The summed E-state index contributed by atoms with van der Waals surface area (Å²) in [6, 6.07) is 11.9. The van der Waals surface area contributed by atoms with E-state index in [4.69, 9.17) is 9.47 Å². The molecule has 0 atom stereocenters. The number of carbonyl (C=O) groups is 2. The van der Waals surface area contributed by atoms with Gasteiger partial charge < -0.3 is 19.7 Å². The Kier molecular flexibility index (Phi) is 7.23. The lowest BCUT2D eigenvalue weighted by atomic mass is 10.1. The molecule has 0 aliphatic carbocycles. The SMILES string of the molecule is CCCOc1ccc(C(=O)Nc2cccc(C(=O)N(C)C)c2)cc1OCC. The number of hydrogen-bond donors (Lipinski definition) is 1. The topological polar surface area (TPSA) is 67.9 Å². The van der Waals surface area contributed by atoms with E-state index in [9.17, 15) is 9.59 Å². The maximum Gasteiger partial charge on any atom is 0.255 e. The number of anilines is 1. The number of amides is 2. The van der Waals surface area contributed by atoms with Crippen molar-refractivity contribution in [1.82, 2.24) is 4.90 Å². The van der Waals surface area contributed by atoms with E-state index in [1.165, 1.54) is 4.90 Å². The Bertz CT molecular complexity index is 803. The van der Waals surface area contributed by atoms with E-state index in [0.717, 1.165) is 6.42 Å². The van der Waals surface area contributed by atoms with Gasteiger partial charge in [0.05, 0.1) is 13.2 Å².